The van der Waals surface area contributed by atoms with Gasteiger partial charge in [-0.2, -0.15) is 0 Å². The van der Waals surface area contributed by atoms with Gasteiger partial charge in [0.2, 0.25) is 5.91 Å². The summed E-state index contributed by atoms with van der Waals surface area (Å²) < 4.78 is 23.4. The molecule has 2 fully saturated rings. The molecule has 0 radical (unpaired) electrons. The fraction of sp³-hybridized carbons (Fsp3) is 0.562. The highest BCUT2D eigenvalue weighted by atomic mass is 32.2. The number of hydrogen-bond donors (Lipinski definition) is 0. The third-order valence-electron chi connectivity index (χ3n) is 4.27. The van der Waals surface area contributed by atoms with E-state index in [2.05, 4.69) is 0 Å². The Balaban J connectivity index is 1.74. The van der Waals surface area contributed by atoms with Crippen LogP contribution in [0.4, 0.5) is 0 Å². The Morgan fingerprint density at radius 1 is 1.24 bits per heavy atom. The number of nitrogens with zero attached hydrogens (tertiary/aromatic N) is 1. The highest BCUT2D eigenvalue weighted by Gasteiger charge is 2.41. The maximum absolute atomic E-state index is 12.6. The van der Waals surface area contributed by atoms with Crippen molar-refractivity contribution >= 4 is 15.7 Å². The van der Waals surface area contributed by atoms with Gasteiger partial charge in [0.25, 0.3) is 0 Å². The molecule has 3 rings (SSSR count). The van der Waals surface area contributed by atoms with E-state index in [9.17, 15) is 13.2 Å². The number of carbonyl (C=O) groups is 1. The third kappa shape index (κ3) is 3.46. The predicted molar refractivity (Wildman–Crippen MR) is 81.8 cm³/mol. The van der Waals surface area contributed by atoms with E-state index in [1.54, 1.807) is 0 Å². The van der Waals surface area contributed by atoms with E-state index in [0.717, 1.165) is 24.0 Å². The number of carbonyl (C=O) groups excluding carboxylic acids is 1. The molecule has 114 valence electrons. The number of sulfone groups is 1. The highest BCUT2D eigenvalue weighted by Crippen LogP contribution is 2.32. The van der Waals surface area contributed by atoms with Gasteiger partial charge in [-0.05, 0) is 31.7 Å². The van der Waals surface area contributed by atoms with Crippen LogP contribution in [0.5, 0.6) is 0 Å². The molecule has 1 aliphatic carbocycles. The Labute approximate surface area is 126 Å². The van der Waals surface area contributed by atoms with Crippen molar-refractivity contribution < 1.29 is 13.2 Å². The summed E-state index contributed by atoms with van der Waals surface area (Å²) in [7, 11) is -2.95. The maximum Gasteiger partial charge on any atom is 0.227 e. The quantitative estimate of drug-likeness (QED) is 0.851. The summed E-state index contributed by atoms with van der Waals surface area (Å²) in [5.41, 5.74) is 2.15. The maximum atomic E-state index is 12.6. The second-order valence-electron chi connectivity index (χ2n) is 6.25. The molecule has 1 aromatic carbocycles. The van der Waals surface area contributed by atoms with Crippen molar-refractivity contribution in [3.05, 3.63) is 35.4 Å². The zero-order valence-electron chi connectivity index (χ0n) is 12.3. The van der Waals surface area contributed by atoms with Gasteiger partial charge in [-0.15, -0.1) is 0 Å². The SMILES string of the molecule is Cc1cccc(CC(=O)N(C2CC2)C2CCS(=O)(=O)C2)c1. The lowest BCUT2D eigenvalue weighted by atomic mass is 10.1. The van der Waals surface area contributed by atoms with Crippen LogP contribution in [0.25, 0.3) is 0 Å². The van der Waals surface area contributed by atoms with E-state index < -0.39 is 9.84 Å². The first-order valence-corrected chi connectivity index (χ1v) is 9.34. The summed E-state index contributed by atoms with van der Waals surface area (Å²) in [6.07, 6.45) is 2.99. The summed E-state index contributed by atoms with van der Waals surface area (Å²) >= 11 is 0. The largest absolute Gasteiger partial charge is 0.335 e. The fourth-order valence-electron chi connectivity index (χ4n) is 3.14. The van der Waals surface area contributed by atoms with Crippen molar-refractivity contribution in [2.75, 3.05) is 11.5 Å². The molecule has 2 aliphatic rings. The Bertz CT molecular complexity index is 649. The fourth-order valence-corrected chi connectivity index (χ4v) is 4.85. The van der Waals surface area contributed by atoms with Gasteiger partial charge in [-0.25, -0.2) is 8.42 Å². The zero-order chi connectivity index (χ0) is 15.0. The van der Waals surface area contributed by atoms with Crippen LogP contribution in [0.3, 0.4) is 0 Å². The molecule has 1 saturated heterocycles. The van der Waals surface area contributed by atoms with Crippen molar-refractivity contribution in [2.45, 2.75) is 44.7 Å². The third-order valence-corrected chi connectivity index (χ3v) is 6.02. The predicted octanol–water partition coefficient (Wildman–Crippen LogP) is 1.72. The second kappa shape index (κ2) is 5.44. The van der Waals surface area contributed by atoms with Gasteiger partial charge < -0.3 is 4.90 Å². The first kappa shape index (κ1) is 14.6. The van der Waals surface area contributed by atoms with Crippen LogP contribution in [0, 0.1) is 6.92 Å². The van der Waals surface area contributed by atoms with Crippen LogP contribution in [-0.2, 0) is 21.1 Å². The number of amides is 1. The molecule has 0 aromatic heterocycles. The molecular weight excluding hydrogens is 286 g/mol. The van der Waals surface area contributed by atoms with Crippen molar-refractivity contribution in [1.82, 2.24) is 4.90 Å². The van der Waals surface area contributed by atoms with Crippen molar-refractivity contribution in [2.24, 2.45) is 0 Å². The summed E-state index contributed by atoms with van der Waals surface area (Å²) in [5, 5.41) is 0. The molecule has 4 nitrogen and oxygen atoms in total. The van der Waals surface area contributed by atoms with Crippen LogP contribution >= 0.6 is 0 Å². The molecule has 0 N–H and O–H groups in total. The van der Waals surface area contributed by atoms with Crippen molar-refractivity contribution in [3.63, 3.8) is 0 Å². The highest BCUT2D eigenvalue weighted by molar-refractivity contribution is 7.91. The first-order chi connectivity index (χ1) is 9.94. The molecule has 1 aliphatic heterocycles. The lowest BCUT2D eigenvalue weighted by molar-refractivity contribution is -0.133. The van der Waals surface area contributed by atoms with E-state index >= 15 is 0 Å². The average Bonchev–Trinajstić information content (AvgIpc) is 3.14. The topological polar surface area (TPSA) is 54.5 Å². The lowest BCUT2D eigenvalue weighted by Gasteiger charge is -2.28. The Morgan fingerprint density at radius 3 is 2.57 bits per heavy atom. The molecule has 0 spiro atoms. The molecule has 1 saturated carbocycles. The molecule has 1 amide bonds. The minimum absolute atomic E-state index is 0.0743. The van der Waals surface area contributed by atoms with Crippen LogP contribution < -0.4 is 0 Å². The second-order valence-corrected chi connectivity index (χ2v) is 8.48. The van der Waals surface area contributed by atoms with Gasteiger partial charge >= 0.3 is 0 Å². The van der Waals surface area contributed by atoms with E-state index in [-0.39, 0.29) is 29.5 Å². The first-order valence-electron chi connectivity index (χ1n) is 7.52. The van der Waals surface area contributed by atoms with E-state index in [1.807, 2.05) is 36.1 Å². The molecule has 1 aromatic rings. The van der Waals surface area contributed by atoms with Crippen molar-refractivity contribution in [1.29, 1.82) is 0 Å². The summed E-state index contributed by atoms with van der Waals surface area (Å²) in [5.74, 6) is 0.437. The van der Waals surface area contributed by atoms with E-state index in [0.29, 0.717) is 12.8 Å². The normalized spacial score (nSPS) is 24.0. The molecule has 21 heavy (non-hydrogen) atoms. The monoisotopic (exact) mass is 307 g/mol. The Hall–Kier alpha value is -1.36. The van der Waals surface area contributed by atoms with Crippen LogP contribution in [0.15, 0.2) is 24.3 Å². The van der Waals surface area contributed by atoms with Crippen LogP contribution in [0.2, 0.25) is 0 Å². The Morgan fingerprint density at radius 2 is 2.00 bits per heavy atom. The van der Waals surface area contributed by atoms with E-state index in [1.165, 1.54) is 0 Å². The molecule has 0 bridgehead atoms. The number of aryl methyl sites for hydroxylation is 1. The van der Waals surface area contributed by atoms with Gasteiger partial charge in [0, 0.05) is 12.1 Å². The number of benzene rings is 1. The smallest absolute Gasteiger partial charge is 0.227 e. The number of hydrogen-bond acceptors (Lipinski definition) is 3. The van der Waals surface area contributed by atoms with Gasteiger partial charge in [0.1, 0.15) is 0 Å². The average molecular weight is 307 g/mol. The molecule has 1 unspecified atom stereocenters. The van der Waals surface area contributed by atoms with E-state index in [4.69, 9.17) is 0 Å². The van der Waals surface area contributed by atoms with Gasteiger partial charge in [0.15, 0.2) is 9.84 Å². The van der Waals surface area contributed by atoms with Gasteiger partial charge in [-0.3, -0.25) is 4.79 Å². The lowest BCUT2D eigenvalue weighted by Crippen LogP contribution is -2.43. The summed E-state index contributed by atoms with van der Waals surface area (Å²) in [4.78, 5) is 14.5. The molecule has 5 heteroatoms. The molecule has 1 heterocycles. The van der Waals surface area contributed by atoms with Gasteiger partial charge in [-0.1, -0.05) is 29.8 Å². The standard InChI is InChI=1S/C16H21NO3S/c1-12-3-2-4-13(9-12)10-16(18)17(14-5-6-14)15-7-8-21(19,20)11-15/h2-4,9,14-15H,5-8,10-11H2,1H3. The minimum atomic E-state index is -2.95. The minimum Gasteiger partial charge on any atom is -0.335 e. The number of rotatable bonds is 4. The summed E-state index contributed by atoms with van der Waals surface area (Å²) in [6, 6.07) is 8.10. The van der Waals surface area contributed by atoms with Gasteiger partial charge in [0.05, 0.1) is 17.9 Å². The Kier molecular flexibility index (Phi) is 3.78. The van der Waals surface area contributed by atoms with Crippen LogP contribution in [-0.4, -0.2) is 42.8 Å². The molecule has 1 atom stereocenters. The van der Waals surface area contributed by atoms with Crippen molar-refractivity contribution in [3.8, 4) is 0 Å². The van der Waals surface area contributed by atoms with Crippen LogP contribution in [0.1, 0.15) is 30.4 Å². The zero-order valence-corrected chi connectivity index (χ0v) is 13.1. The molecular formula is C16H21NO3S. The summed E-state index contributed by atoms with van der Waals surface area (Å²) in [6.45, 7) is 2.01.